The van der Waals surface area contributed by atoms with Crippen LogP contribution in [0.1, 0.15) is 62.4 Å². The Morgan fingerprint density at radius 3 is 2.36 bits per heavy atom. The van der Waals surface area contributed by atoms with E-state index in [-0.39, 0.29) is 17.5 Å². The van der Waals surface area contributed by atoms with E-state index in [1.165, 1.54) is 44.0 Å². The summed E-state index contributed by atoms with van der Waals surface area (Å²) in [6, 6.07) is 8.95. The highest BCUT2D eigenvalue weighted by atomic mass is 19.1. The van der Waals surface area contributed by atoms with Crippen LogP contribution in [-0.4, -0.2) is 22.9 Å². The van der Waals surface area contributed by atoms with Crippen molar-refractivity contribution in [3.05, 3.63) is 65.7 Å². The third-order valence-corrected chi connectivity index (χ3v) is 4.06. The number of carbonyl (C=O) groups is 1. The third kappa shape index (κ3) is 9.16. The fourth-order valence-corrected chi connectivity index (χ4v) is 2.26. The SMILES string of the molecule is CC(=O)c1ccc(F)cc1.CCCCC(/C=N/OC(=N)c1ccncc1)CC. The van der Waals surface area contributed by atoms with Gasteiger partial charge in [-0.3, -0.25) is 15.2 Å². The molecule has 1 unspecified atom stereocenters. The minimum absolute atomic E-state index is 0.0417. The minimum atomic E-state index is -0.315. The van der Waals surface area contributed by atoms with E-state index in [1.807, 2.05) is 6.21 Å². The Bertz CT molecular complexity index is 746. The summed E-state index contributed by atoms with van der Waals surface area (Å²) in [5.41, 5.74) is 1.23. The Balaban J connectivity index is 0.000000330. The van der Waals surface area contributed by atoms with Gasteiger partial charge in [0, 0.05) is 29.7 Å². The lowest BCUT2D eigenvalue weighted by molar-refractivity contribution is 0.101. The number of nitrogens with one attached hydrogen (secondary N) is 1. The Kier molecular flexibility index (Phi) is 11.0. The molecule has 0 aliphatic heterocycles. The molecule has 1 atom stereocenters. The molecular formula is C22H28FN3O2. The second-order valence-electron chi connectivity index (χ2n) is 6.28. The second kappa shape index (κ2) is 13.3. The van der Waals surface area contributed by atoms with Crippen molar-refractivity contribution in [2.45, 2.75) is 46.5 Å². The van der Waals surface area contributed by atoms with Crippen molar-refractivity contribution in [2.75, 3.05) is 0 Å². The molecule has 2 aromatic rings. The maximum Gasteiger partial charge on any atom is 0.248 e. The molecule has 0 spiro atoms. The quantitative estimate of drug-likeness (QED) is 0.276. The highest BCUT2D eigenvalue weighted by Crippen LogP contribution is 2.10. The number of nitrogens with zero attached hydrogens (tertiary/aromatic N) is 2. The molecule has 6 heteroatoms. The van der Waals surface area contributed by atoms with Gasteiger partial charge in [-0.05, 0) is 62.1 Å². The van der Waals surface area contributed by atoms with E-state index < -0.39 is 0 Å². The smallest absolute Gasteiger partial charge is 0.248 e. The van der Waals surface area contributed by atoms with Gasteiger partial charge in [0.15, 0.2) is 5.78 Å². The van der Waals surface area contributed by atoms with E-state index in [9.17, 15) is 9.18 Å². The number of pyridine rings is 1. The number of halogens is 1. The van der Waals surface area contributed by atoms with Gasteiger partial charge in [-0.2, -0.15) is 0 Å². The third-order valence-electron chi connectivity index (χ3n) is 4.06. The molecule has 0 fully saturated rings. The van der Waals surface area contributed by atoms with Crippen LogP contribution < -0.4 is 0 Å². The van der Waals surface area contributed by atoms with E-state index in [1.54, 1.807) is 24.5 Å². The van der Waals surface area contributed by atoms with E-state index in [0.29, 0.717) is 17.0 Å². The van der Waals surface area contributed by atoms with Crippen molar-refractivity contribution >= 4 is 17.9 Å². The second-order valence-corrected chi connectivity index (χ2v) is 6.28. The summed E-state index contributed by atoms with van der Waals surface area (Å²) in [5.74, 6) is 0.138. The monoisotopic (exact) mass is 385 g/mol. The Morgan fingerprint density at radius 1 is 1.18 bits per heavy atom. The average molecular weight is 385 g/mol. The number of Topliss-reactive ketones (excluding diaryl/α,β-unsaturated/α-hetero) is 1. The van der Waals surface area contributed by atoms with Crippen LogP contribution in [-0.2, 0) is 4.84 Å². The summed E-state index contributed by atoms with van der Waals surface area (Å²) >= 11 is 0. The zero-order valence-corrected chi connectivity index (χ0v) is 16.7. The van der Waals surface area contributed by atoms with Crippen LogP contribution in [0, 0.1) is 17.1 Å². The topological polar surface area (TPSA) is 75.4 Å². The number of unbranched alkanes of at least 4 members (excludes halogenated alkanes) is 1. The molecule has 0 bridgehead atoms. The predicted octanol–water partition coefficient (Wildman–Crippen LogP) is 5.65. The first kappa shape index (κ1) is 23.1. The standard InChI is InChI=1S/C14H21N3O.C8H7FO/c1-3-5-6-12(4-2)11-17-18-14(15)13-7-9-16-10-8-13;1-6(10)7-2-4-8(9)5-3-7/h7-12,15H,3-6H2,1-2H3;2-5H,1H3/b15-14?,17-11+;. The largest absolute Gasteiger partial charge is 0.337 e. The van der Waals surface area contributed by atoms with Gasteiger partial charge in [-0.25, -0.2) is 4.39 Å². The van der Waals surface area contributed by atoms with E-state index >= 15 is 0 Å². The first-order valence-electron chi connectivity index (χ1n) is 9.43. The van der Waals surface area contributed by atoms with Gasteiger partial charge in [-0.1, -0.05) is 31.8 Å². The molecule has 1 aromatic carbocycles. The number of oxime groups is 1. The molecule has 0 aliphatic carbocycles. The Morgan fingerprint density at radius 2 is 1.82 bits per heavy atom. The average Bonchev–Trinajstić information content (AvgIpc) is 2.72. The molecule has 0 saturated carbocycles. The van der Waals surface area contributed by atoms with Crippen molar-refractivity contribution in [1.29, 1.82) is 5.41 Å². The van der Waals surface area contributed by atoms with Gasteiger partial charge in [0.2, 0.25) is 5.90 Å². The molecule has 28 heavy (non-hydrogen) atoms. The lowest BCUT2D eigenvalue weighted by atomic mass is 10.0. The maximum atomic E-state index is 12.2. The number of rotatable bonds is 8. The van der Waals surface area contributed by atoms with Gasteiger partial charge in [0.25, 0.3) is 0 Å². The van der Waals surface area contributed by atoms with E-state index in [2.05, 4.69) is 24.0 Å². The van der Waals surface area contributed by atoms with Crippen LogP contribution in [0.15, 0.2) is 53.9 Å². The molecule has 1 N–H and O–H groups in total. The number of ketones is 1. The first-order valence-corrected chi connectivity index (χ1v) is 9.43. The number of aromatic nitrogens is 1. The fourth-order valence-electron chi connectivity index (χ4n) is 2.26. The molecular weight excluding hydrogens is 357 g/mol. The van der Waals surface area contributed by atoms with Gasteiger partial charge < -0.3 is 4.84 Å². The first-order chi connectivity index (χ1) is 13.5. The lowest BCUT2D eigenvalue weighted by Gasteiger charge is -2.07. The van der Waals surface area contributed by atoms with Crippen LogP contribution >= 0.6 is 0 Å². The van der Waals surface area contributed by atoms with Crippen molar-refractivity contribution in [3.63, 3.8) is 0 Å². The molecule has 0 amide bonds. The summed E-state index contributed by atoms with van der Waals surface area (Å²) < 4.78 is 12.2. The number of carbonyl (C=O) groups excluding carboxylic acids is 1. The zero-order chi connectivity index (χ0) is 20.8. The van der Waals surface area contributed by atoms with Crippen molar-refractivity contribution < 1.29 is 14.0 Å². The molecule has 0 aliphatic rings. The highest BCUT2D eigenvalue weighted by molar-refractivity contribution is 5.93. The number of hydrogen-bond donors (Lipinski definition) is 1. The van der Waals surface area contributed by atoms with Crippen LogP contribution in [0.4, 0.5) is 4.39 Å². The summed E-state index contributed by atoms with van der Waals surface area (Å²) in [5, 5.41) is 11.6. The molecule has 2 rings (SSSR count). The molecule has 1 aromatic heterocycles. The van der Waals surface area contributed by atoms with Crippen molar-refractivity contribution in [1.82, 2.24) is 4.98 Å². The van der Waals surface area contributed by atoms with Crippen LogP contribution in [0.5, 0.6) is 0 Å². The molecule has 1 heterocycles. The van der Waals surface area contributed by atoms with Gasteiger partial charge in [-0.15, -0.1) is 0 Å². The normalized spacial score (nSPS) is 11.4. The zero-order valence-electron chi connectivity index (χ0n) is 16.7. The molecule has 0 saturated heterocycles. The van der Waals surface area contributed by atoms with Crippen LogP contribution in [0.2, 0.25) is 0 Å². The lowest BCUT2D eigenvalue weighted by Crippen LogP contribution is -2.04. The van der Waals surface area contributed by atoms with Crippen molar-refractivity contribution in [3.8, 4) is 0 Å². The van der Waals surface area contributed by atoms with Crippen molar-refractivity contribution in [2.24, 2.45) is 11.1 Å². The maximum absolute atomic E-state index is 12.2. The van der Waals surface area contributed by atoms with Gasteiger partial charge >= 0.3 is 0 Å². The molecule has 0 radical (unpaired) electrons. The Labute approximate surface area is 166 Å². The summed E-state index contributed by atoms with van der Waals surface area (Å²) in [4.78, 5) is 19.6. The molecule has 150 valence electrons. The fraction of sp³-hybridized carbons (Fsp3) is 0.364. The highest BCUT2D eigenvalue weighted by Gasteiger charge is 2.04. The van der Waals surface area contributed by atoms with Crippen LogP contribution in [0.3, 0.4) is 0 Å². The number of hydrogen-bond acceptors (Lipinski definition) is 5. The van der Waals surface area contributed by atoms with Gasteiger partial charge in [0.05, 0.1) is 0 Å². The van der Waals surface area contributed by atoms with E-state index in [4.69, 9.17) is 10.2 Å². The number of benzene rings is 1. The molecule has 5 nitrogen and oxygen atoms in total. The summed E-state index contributed by atoms with van der Waals surface area (Å²) in [7, 11) is 0. The minimum Gasteiger partial charge on any atom is -0.337 e. The van der Waals surface area contributed by atoms with E-state index in [0.717, 1.165) is 12.8 Å². The summed E-state index contributed by atoms with van der Waals surface area (Å²) in [6.07, 6.45) is 9.65. The summed E-state index contributed by atoms with van der Waals surface area (Å²) in [6.45, 7) is 5.77. The van der Waals surface area contributed by atoms with Gasteiger partial charge in [0.1, 0.15) is 5.82 Å². The predicted molar refractivity (Wildman–Crippen MR) is 110 cm³/mol. The Hall–Kier alpha value is -2.89. The van der Waals surface area contributed by atoms with Crippen LogP contribution in [0.25, 0.3) is 0 Å².